The maximum atomic E-state index is 12.3. The molecule has 4 rings (SSSR count). The molecule has 27 heavy (non-hydrogen) atoms. The first-order chi connectivity index (χ1) is 13.2. The molecule has 1 aliphatic heterocycles. The number of aromatic nitrogens is 2. The third-order valence-corrected chi connectivity index (χ3v) is 7.04. The number of hydrogen-bond donors (Lipinski definition) is 1. The average Bonchev–Trinajstić information content (AvgIpc) is 3.24. The molecule has 0 saturated heterocycles. The van der Waals surface area contributed by atoms with E-state index in [0.717, 1.165) is 21.6 Å². The number of nitrogens with one attached hydrogen (secondary N) is 1. The molecule has 1 saturated carbocycles. The number of amides is 2. The lowest BCUT2D eigenvalue weighted by Crippen LogP contribution is -2.30. The Kier molecular flexibility index (Phi) is 5.73. The molecule has 1 fully saturated rings. The molecule has 6 nitrogen and oxygen atoms in total. The van der Waals surface area contributed by atoms with Gasteiger partial charge in [0.05, 0.1) is 11.1 Å². The molecule has 0 spiro atoms. The lowest BCUT2D eigenvalue weighted by atomic mass is 9.96. The van der Waals surface area contributed by atoms with Crippen LogP contribution in [0.5, 0.6) is 0 Å². The Labute approximate surface area is 166 Å². The van der Waals surface area contributed by atoms with Crippen molar-refractivity contribution in [3.63, 3.8) is 0 Å². The fraction of sp³-hybridized carbons (Fsp3) is 0.474. The van der Waals surface area contributed by atoms with Gasteiger partial charge in [-0.3, -0.25) is 14.5 Å². The number of carbonyl (C=O) groups excluding carboxylic acids is 2. The Morgan fingerprint density at radius 2 is 1.78 bits per heavy atom. The number of anilines is 1. The third-order valence-electron chi connectivity index (χ3n) is 4.97. The van der Waals surface area contributed by atoms with Crippen molar-refractivity contribution in [3.05, 3.63) is 35.4 Å². The van der Waals surface area contributed by atoms with Crippen LogP contribution < -0.4 is 5.32 Å². The summed E-state index contributed by atoms with van der Waals surface area (Å²) < 4.78 is 0.927. The fourth-order valence-corrected chi connectivity index (χ4v) is 5.40. The quantitative estimate of drug-likeness (QED) is 0.428. The fourth-order valence-electron chi connectivity index (χ4n) is 3.57. The van der Waals surface area contributed by atoms with E-state index in [1.807, 2.05) is 0 Å². The number of benzene rings is 1. The highest BCUT2D eigenvalue weighted by atomic mass is 32.2. The Morgan fingerprint density at radius 3 is 2.48 bits per heavy atom. The molecular formula is C19H22N4O2S2. The summed E-state index contributed by atoms with van der Waals surface area (Å²) in [5.74, 6) is 0.428. The minimum Gasteiger partial charge on any atom is -0.357 e. The number of carbonyl (C=O) groups is 2. The Balaban J connectivity index is 1.23. The summed E-state index contributed by atoms with van der Waals surface area (Å²) in [6.07, 6.45) is 7.07. The normalized spacial score (nSPS) is 17.4. The number of fused-ring (bicyclic) bond motifs is 1. The highest BCUT2D eigenvalue weighted by Crippen LogP contribution is 2.29. The molecule has 0 bridgehead atoms. The maximum absolute atomic E-state index is 12.3. The summed E-state index contributed by atoms with van der Waals surface area (Å²) >= 11 is 3.21. The van der Waals surface area contributed by atoms with E-state index in [0.29, 0.717) is 23.7 Å². The molecule has 0 unspecified atom stereocenters. The van der Waals surface area contributed by atoms with Crippen LogP contribution in [0.3, 0.4) is 0 Å². The molecule has 2 aromatic rings. The first-order valence-electron chi connectivity index (χ1n) is 9.40. The summed E-state index contributed by atoms with van der Waals surface area (Å²) in [4.78, 5) is 26.0. The first kappa shape index (κ1) is 18.4. The second-order valence-electron chi connectivity index (χ2n) is 6.86. The van der Waals surface area contributed by atoms with Crippen LogP contribution in [-0.2, 0) is 0 Å². The predicted molar refractivity (Wildman–Crippen MR) is 108 cm³/mol. The van der Waals surface area contributed by atoms with Gasteiger partial charge in [0.15, 0.2) is 4.34 Å². The highest BCUT2D eigenvalue weighted by molar-refractivity contribution is 8.01. The monoisotopic (exact) mass is 402 g/mol. The summed E-state index contributed by atoms with van der Waals surface area (Å²) in [5.41, 5.74) is 1.02. The van der Waals surface area contributed by atoms with Crippen molar-refractivity contribution in [2.45, 2.75) is 48.9 Å². The van der Waals surface area contributed by atoms with Crippen molar-refractivity contribution < 1.29 is 9.59 Å². The SMILES string of the molecule is O=C1c2ccccc2C(=O)N1CCCSc1nnc(NC2CCCCC2)s1. The molecule has 0 radical (unpaired) electrons. The lowest BCUT2D eigenvalue weighted by molar-refractivity contribution is 0.0655. The lowest BCUT2D eigenvalue weighted by Gasteiger charge is -2.21. The van der Waals surface area contributed by atoms with Crippen molar-refractivity contribution in [2.24, 2.45) is 0 Å². The van der Waals surface area contributed by atoms with Crippen LogP contribution in [0.25, 0.3) is 0 Å². The van der Waals surface area contributed by atoms with Gasteiger partial charge in [-0.15, -0.1) is 10.2 Å². The van der Waals surface area contributed by atoms with E-state index >= 15 is 0 Å². The van der Waals surface area contributed by atoms with Gasteiger partial charge in [0.2, 0.25) is 5.13 Å². The zero-order chi connectivity index (χ0) is 18.6. The van der Waals surface area contributed by atoms with E-state index in [9.17, 15) is 9.59 Å². The number of thioether (sulfide) groups is 1. The zero-order valence-corrected chi connectivity index (χ0v) is 16.7. The van der Waals surface area contributed by atoms with Crippen LogP contribution in [0.1, 0.15) is 59.2 Å². The van der Waals surface area contributed by atoms with Gasteiger partial charge >= 0.3 is 0 Å². The van der Waals surface area contributed by atoms with E-state index in [2.05, 4.69) is 15.5 Å². The van der Waals surface area contributed by atoms with Crippen molar-refractivity contribution in [1.29, 1.82) is 0 Å². The Hall–Kier alpha value is -1.93. The summed E-state index contributed by atoms with van der Waals surface area (Å²) in [6.45, 7) is 0.436. The van der Waals surface area contributed by atoms with E-state index in [4.69, 9.17) is 0 Å². The first-order valence-corrected chi connectivity index (χ1v) is 11.2. The topological polar surface area (TPSA) is 75.2 Å². The second kappa shape index (κ2) is 8.39. The highest BCUT2D eigenvalue weighted by Gasteiger charge is 2.34. The van der Waals surface area contributed by atoms with Crippen molar-refractivity contribution >= 4 is 40.0 Å². The van der Waals surface area contributed by atoms with Crippen LogP contribution in [-0.4, -0.2) is 45.3 Å². The molecule has 1 N–H and O–H groups in total. The minimum absolute atomic E-state index is 0.185. The van der Waals surface area contributed by atoms with Gasteiger partial charge in [0, 0.05) is 18.3 Å². The average molecular weight is 403 g/mol. The van der Waals surface area contributed by atoms with Crippen molar-refractivity contribution in [3.8, 4) is 0 Å². The molecule has 1 aliphatic carbocycles. The molecule has 2 amide bonds. The van der Waals surface area contributed by atoms with Crippen LogP contribution >= 0.6 is 23.1 Å². The van der Waals surface area contributed by atoms with Gasteiger partial charge in [-0.1, -0.05) is 54.5 Å². The van der Waals surface area contributed by atoms with Crippen molar-refractivity contribution in [1.82, 2.24) is 15.1 Å². The van der Waals surface area contributed by atoms with Gasteiger partial charge in [0.25, 0.3) is 11.8 Å². The van der Waals surface area contributed by atoms with Crippen LogP contribution in [0, 0.1) is 0 Å². The molecule has 8 heteroatoms. The molecular weight excluding hydrogens is 380 g/mol. The smallest absolute Gasteiger partial charge is 0.261 e. The van der Waals surface area contributed by atoms with Gasteiger partial charge in [0.1, 0.15) is 0 Å². The predicted octanol–water partition coefficient (Wildman–Crippen LogP) is 4.06. The van der Waals surface area contributed by atoms with Gasteiger partial charge in [-0.2, -0.15) is 0 Å². The summed E-state index contributed by atoms with van der Waals surface area (Å²) in [7, 11) is 0. The van der Waals surface area contributed by atoms with Crippen LogP contribution in [0.15, 0.2) is 28.6 Å². The van der Waals surface area contributed by atoms with Crippen molar-refractivity contribution in [2.75, 3.05) is 17.6 Å². The van der Waals surface area contributed by atoms with Crippen LogP contribution in [0.2, 0.25) is 0 Å². The van der Waals surface area contributed by atoms with Gasteiger partial charge in [-0.25, -0.2) is 0 Å². The second-order valence-corrected chi connectivity index (χ2v) is 9.18. The van der Waals surface area contributed by atoms with Gasteiger partial charge in [-0.05, 0) is 31.4 Å². The minimum atomic E-state index is -0.185. The molecule has 1 aromatic carbocycles. The van der Waals surface area contributed by atoms with Crippen LogP contribution in [0.4, 0.5) is 5.13 Å². The van der Waals surface area contributed by atoms with Gasteiger partial charge < -0.3 is 5.32 Å². The summed E-state index contributed by atoms with van der Waals surface area (Å²) in [6, 6.07) is 7.53. The van der Waals surface area contributed by atoms with E-state index in [-0.39, 0.29) is 11.8 Å². The largest absolute Gasteiger partial charge is 0.357 e. The van der Waals surface area contributed by atoms with E-state index in [1.54, 1.807) is 47.4 Å². The molecule has 0 atom stereocenters. The molecule has 142 valence electrons. The molecule has 2 aliphatic rings. The number of imide groups is 1. The standard InChI is InChI=1S/C19H22N4O2S2/c24-16-14-9-4-5-10-15(14)17(25)23(16)11-6-12-26-19-22-21-18(27-19)20-13-7-2-1-3-8-13/h4-5,9-10,13H,1-3,6-8,11-12H2,(H,20,21). The van der Waals surface area contributed by atoms with E-state index < -0.39 is 0 Å². The van der Waals surface area contributed by atoms with E-state index in [1.165, 1.54) is 37.0 Å². The Morgan fingerprint density at radius 1 is 1.07 bits per heavy atom. The molecule has 2 heterocycles. The number of rotatable bonds is 7. The Bertz CT molecular complexity index is 798. The summed E-state index contributed by atoms with van der Waals surface area (Å²) in [5, 5.41) is 12.9. The zero-order valence-electron chi connectivity index (χ0n) is 15.0. The number of nitrogens with zero attached hydrogens (tertiary/aromatic N) is 3. The maximum Gasteiger partial charge on any atom is 0.261 e. The molecule has 1 aromatic heterocycles. The number of hydrogen-bond acceptors (Lipinski definition) is 7. The third kappa shape index (κ3) is 4.16.